The van der Waals surface area contributed by atoms with Crippen molar-refractivity contribution >= 4 is 106 Å². The Hall–Kier alpha value is -5.51. The zero-order valence-electron chi connectivity index (χ0n) is 25.2. The summed E-state index contributed by atoms with van der Waals surface area (Å²) in [6, 6.07) is 51.9. The van der Waals surface area contributed by atoms with Crippen LogP contribution >= 0.6 is 11.3 Å². The maximum atomic E-state index is 6.96. The molecule has 5 heteroatoms. The number of rotatable bonds is 1. The van der Waals surface area contributed by atoms with Gasteiger partial charge in [-0.2, -0.15) is 0 Å². The number of hydrogen-bond donors (Lipinski definition) is 0. The van der Waals surface area contributed by atoms with Crippen LogP contribution in [0.1, 0.15) is 0 Å². The Morgan fingerprint density at radius 1 is 0.489 bits per heavy atom. The van der Waals surface area contributed by atoms with Crippen LogP contribution in [0.4, 0.5) is 11.4 Å². The molecule has 0 amide bonds. The van der Waals surface area contributed by atoms with E-state index in [0.29, 0.717) is 0 Å². The summed E-state index contributed by atoms with van der Waals surface area (Å²) in [6.07, 6.45) is 0. The van der Waals surface area contributed by atoms with E-state index in [1.165, 1.54) is 91.9 Å². The Labute approximate surface area is 275 Å². The van der Waals surface area contributed by atoms with Gasteiger partial charge < -0.3 is 9.23 Å². The summed E-state index contributed by atoms with van der Waals surface area (Å²) < 4.78 is 9.58. The van der Waals surface area contributed by atoms with Gasteiger partial charge in [-0.1, -0.05) is 121 Å². The molecular formula is C42H23B2NOS. The van der Waals surface area contributed by atoms with Crippen molar-refractivity contribution in [2.75, 3.05) is 4.81 Å². The molecule has 9 aromatic rings. The minimum Gasteiger partial charge on any atom is -0.457 e. The first kappa shape index (κ1) is 24.7. The summed E-state index contributed by atoms with van der Waals surface area (Å²) in [6.45, 7) is 0.0896. The largest absolute Gasteiger partial charge is 0.457 e. The van der Waals surface area contributed by atoms with Crippen LogP contribution in [0.15, 0.2) is 144 Å². The third-order valence-corrected chi connectivity index (χ3v) is 12.0. The van der Waals surface area contributed by atoms with Crippen LogP contribution in [-0.2, 0) is 0 Å². The maximum Gasteiger partial charge on any atom is 0.329 e. The Bertz CT molecular complexity index is 2740. The van der Waals surface area contributed by atoms with Gasteiger partial charge in [0.05, 0.1) is 0 Å². The number of anilines is 2. The van der Waals surface area contributed by atoms with E-state index in [9.17, 15) is 0 Å². The summed E-state index contributed by atoms with van der Waals surface area (Å²) in [4.78, 5) is 2.68. The van der Waals surface area contributed by atoms with Crippen LogP contribution in [0.25, 0.3) is 64.4 Å². The van der Waals surface area contributed by atoms with E-state index in [0.717, 1.165) is 11.2 Å². The third kappa shape index (κ3) is 2.95. The second-order valence-electron chi connectivity index (χ2n) is 13.1. The van der Waals surface area contributed by atoms with Crippen LogP contribution in [0.2, 0.25) is 0 Å². The maximum absolute atomic E-state index is 6.96. The van der Waals surface area contributed by atoms with Crippen molar-refractivity contribution in [1.82, 2.24) is 0 Å². The zero-order valence-corrected chi connectivity index (χ0v) is 26.0. The fourth-order valence-corrected chi connectivity index (χ4v) is 10.4. The predicted octanol–water partition coefficient (Wildman–Crippen LogP) is 7.69. The van der Waals surface area contributed by atoms with Crippen LogP contribution in [-0.4, -0.2) is 13.6 Å². The normalized spacial score (nSPS) is 13.8. The number of nitrogens with zero attached hydrogens (tertiary/aromatic N) is 1. The number of hydrogen-bond acceptors (Lipinski definition) is 3. The molecular weight excluding hydrogens is 588 g/mol. The van der Waals surface area contributed by atoms with Gasteiger partial charge in [-0.15, -0.1) is 11.3 Å². The highest BCUT2D eigenvalue weighted by Crippen LogP contribution is 2.47. The molecule has 3 aliphatic rings. The molecule has 2 nitrogen and oxygen atoms in total. The third-order valence-electron chi connectivity index (χ3n) is 10.9. The van der Waals surface area contributed by atoms with Crippen LogP contribution < -0.4 is 32.1 Å². The van der Waals surface area contributed by atoms with Crippen molar-refractivity contribution in [3.8, 4) is 22.3 Å². The van der Waals surface area contributed by atoms with Gasteiger partial charge in [0.15, 0.2) is 0 Å². The van der Waals surface area contributed by atoms with Gasteiger partial charge >= 0.3 is 6.85 Å². The highest BCUT2D eigenvalue weighted by Gasteiger charge is 2.49. The average molecular weight is 611 g/mol. The van der Waals surface area contributed by atoms with Gasteiger partial charge in [-0.05, 0) is 67.4 Å². The first-order valence-corrected chi connectivity index (χ1v) is 17.2. The molecule has 47 heavy (non-hydrogen) atoms. The Kier molecular flexibility index (Phi) is 4.54. The minimum atomic E-state index is -0.0166. The molecule has 3 aliphatic heterocycles. The molecule has 0 aliphatic carbocycles. The molecule has 0 unspecified atom stereocenters. The highest BCUT2D eigenvalue weighted by atomic mass is 32.1. The topological polar surface area (TPSA) is 16.4 Å². The van der Waals surface area contributed by atoms with E-state index in [1.54, 1.807) is 0 Å². The molecule has 0 radical (unpaired) electrons. The second kappa shape index (κ2) is 8.64. The fourth-order valence-electron chi connectivity index (χ4n) is 9.19. The van der Waals surface area contributed by atoms with E-state index in [2.05, 4.69) is 144 Å². The molecule has 2 aromatic heterocycles. The molecule has 12 rings (SSSR count). The molecule has 0 N–H and O–H groups in total. The van der Waals surface area contributed by atoms with E-state index in [4.69, 9.17) is 4.42 Å². The molecule has 5 heterocycles. The lowest BCUT2D eigenvalue weighted by Gasteiger charge is -2.49. The van der Waals surface area contributed by atoms with Crippen molar-refractivity contribution in [2.45, 2.75) is 0 Å². The molecule has 0 fully saturated rings. The van der Waals surface area contributed by atoms with Crippen LogP contribution in [0, 0.1) is 0 Å². The summed E-state index contributed by atoms with van der Waals surface area (Å²) in [5.74, 6) is 0. The summed E-state index contributed by atoms with van der Waals surface area (Å²) in [7, 11) is 0. The van der Waals surface area contributed by atoms with Crippen LogP contribution in [0.3, 0.4) is 0 Å². The number of furan rings is 1. The number of benzene rings is 7. The number of para-hydroxylation sites is 3. The van der Waals surface area contributed by atoms with Gasteiger partial charge in [-0.25, -0.2) is 0 Å². The zero-order chi connectivity index (χ0) is 30.4. The average Bonchev–Trinajstić information content (AvgIpc) is 3.69. The number of fused-ring (bicyclic) bond motifs is 12. The molecule has 0 bridgehead atoms. The Morgan fingerprint density at radius 2 is 1.06 bits per heavy atom. The summed E-state index contributed by atoms with van der Waals surface area (Å²) in [5, 5.41) is 4.99. The molecule has 0 spiro atoms. The smallest absolute Gasteiger partial charge is 0.329 e. The van der Waals surface area contributed by atoms with E-state index in [-0.39, 0.29) is 13.6 Å². The summed E-state index contributed by atoms with van der Waals surface area (Å²) in [5.41, 5.74) is 16.6. The van der Waals surface area contributed by atoms with Gasteiger partial charge in [0.25, 0.3) is 6.71 Å². The van der Waals surface area contributed by atoms with E-state index < -0.39 is 0 Å². The standard InChI is InChI=1S/C42H23B2NOS/c1-5-17-31-24(11-1)27-15-9-19-33-40(27)45-41-28(25-12-2-6-18-32(25)44(31)45)16-10-20-34(41)43(33)39-38-29-14-4-8-22-36(29)47-37(38)23-30-26-13-3-7-21-35(26)46-42(30)39/h1-23H. The van der Waals surface area contributed by atoms with Gasteiger partial charge in [0, 0.05) is 42.7 Å². The van der Waals surface area contributed by atoms with Crippen molar-refractivity contribution in [3.63, 3.8) is 0 Å². The number of thiophene rings is 1. The van der Waals surface area contributed by atoms with Gasteiger partial charge in [-0.3, -0.25) is 0 Å². The molecule has 0 saturated heterocycles. The van der Waals surface area contributed by atoms with Crippen molar-refractivity contribution in [3.05, 3.63) is 140 Å². The molecule has 214 valence electrons. The lowest BCUT2D eigenvalue weighted by atomic mass is 9.31. The van der Waals surface area contributed by atoms with Crippen molar-refractivity contribution in [2.24, 2.45) is 0 Å². The van der Waals surface area contributed by atoms with E-state index >= 15 is 0 Å². The Balaban J connectivity index is 1.31. The quantitative estimate of drug-likeness (QED) is 0.177. The fraction of sp³-hybridized carbons (Fsp3) is 0. The predicted molar refractivity (Wildman–Crippen MR) is 202 cm³/mol. The first-order valence-electron chi connectivity index (χ1n) is 16.3. The van der Waals surface area contributed by atoms with Crippen molar-refractivity contribution < 1.29 is 4.42 Å². The lowest BCUT2D eigenvalue weighted by molar-refractivity contribution is 0.672. The molecule has 0 saturated carbocycles. The highest BCUT2D eigenvalue weighted by molar-refractivity contribution is 7.26. The Morgan fingerprint density at radius 3 is 1.79 bits per heavy atom. The van der Waals surface area contributed by atoms with Gasteiger partial charge in [0.2, 0.25) is 0 Å². The summed E-state index contributed by atoms with van der Waals surface area (Å²) >= 11 is 1.89. The van der Waals surface area contributed by atoms with Crippen LogP contribution in [0.5, 0.6) is 0 Å². The van der Waals surface area contributed by atoms with Gasteiger partial charge in [0.1, 0.15) is 11.2 Å². The minimum absolute atomic E-state index is 0.0166. The lowest BCUT2D eigenvalue weighted by Crippen LogP contribution is -2.67. The van der Waals surface area contributed by atoms with Crippen molar-refractivity contribution in [1.29, 1.82) is 0 Å². The molecule has 7 aromatic carbocycles. The molecule has 0 atom stereocenters. The SMILES string of the molecule is c1ccc2c(c1)B1c3ccccc3-c3cccc4c3N1c1c(cccc1-2)B4c1c2oc3ccccc3c2cc2sc3ccccc3c12. The first-order chi connectivity index (χ1) is 23.3. The second-order valence-corrected chi connectivity index (χ2v) is 14.2. The van der Waals surface area contributed by atoms with E-state index in [1.807, 2.05) is 11.3 Å². The monoisotopic (exact) mass is 611 g/mol.